The van der Waals surface area contributed by atoms with Crippen molar-refractivity contribution in [2.24, 2.45) is 0 Å². The van der Waals surface area contributed by atoms with E-state index in [1.54, 1.807) is 0 Å². The third-order valence-corrected chi connectivity index (χ3v) is 6.73. The molecule has 0 saturated heterocycles. The molecule has 0 bridgehead atoms. The molecule has 0 unspecified atom stereocenters. The lowest BCUT2D eigenvalue weighted by atomic mass is 10.1. The highest BCUT2D eigenvalue weighted by molar-refractivity contribution is 6.09. The summed E-state index contributed by atoms with van der Waals surface area (Å²) < 4.78 is 4.56. The Bertz CT molecular complexity index is 1680. The van der Waals surface area contributed by atoms with E-state index in [4.69, 9.17) is 4.98 Å². The molecule has 6 rings (SSSR count). The number of rotatable bonds is 3. The Morgan fingerprint density at radius 2 is 1.35 bits per heavy atom. The largest absolute Gasteiger partial charge is 0.309 e. The molecule has 6 aromatic rings. The van der Waals surface area contributed by atoms with E-state index in [9.17, 15) is 0 Å². The van der Waals surface area contributed by atoms with Crippen LogP contribution in [0.2, 0.25) is 0 Å². The normalized spacial score (nSPS) is 11.5. The minimum absolute atomic E-state index is 0.951. The van der Waals surface area contributed by atoms with E-state index in [0.717, 1.165) is 17.1 Å². The Balaban J connectivity index is 1.53. The van der Waals surface area contributed by atoms with Gasteiger partial charge in [-0.25, -0.2) is 4.98 Å². The molecule has 4 aromatic carbocycles. The molecule has 2 aromatic heterocycles. The zero-order valence-corrected chi connectivity index (χ0v) is 20.0. The van der Waals surface area contributed by atoms with Gasteiger partial charge in [0.05, 0.1) is 11.0 Å². The molecule has 0 N–H and O–H groups in total. The van der Waals surface area contributed by atoms with Crippen LogP contribution in [0.3, 0.4) is 0 Å². The van der Waals surface area contributed by atoms with Crippen LogP contribution >= 0.6 is 0 Å². The Labute approximate surface area is 199 Å². The molecule has 2 heterocycles. The van der Waals surface area contributed by atoms with Gasteiger partial charge < -0.3 is 4.57 Å². The van der Waals surface area contributed by atoms with E-state index in [1.165, 1.54) is 49.7 Å². The Kier molecular flexibility index (Phi) is 4.66. The summed E-state index contributed by atoms with van der Waals surface area (Å²) in [6.07, 6.45) is 3.90. The van der Waals surface area contributed by atoms with Crippen LogP contribution in [-0.2, 0) is 0 Å². The molecule has 0 spiro atoms. The molecule has 0 atom stereocenters. The zero-order valence-electron chi connectivity index (χ0n) is 20.0. The molecule has 0 aliphatic rings. The first-order valence-electron chi connectivity index (χ1n) is 11.7. The number of hydrogen-bond acceptors (Lipinski definition) is 1. The predicted octanol–water partition coefficient (Wildman–Crippen LogP) is 7.87. The second-order valence-corrected chi connectivity index (χ2v) is 9.33. The Morgan fingerprint density at radius 3 is 2.15 bits per heavy atom. The topological polar surface area (TPSA) is 22.8 Å². The first-order chi connectivity index (χ1) is 16.5. The van der Waals surface area contributed by atoms with Crippen LogP contribution in [0.4, 0.5) is 0 Å². The van der Waals surface area contributed by atoms with Gasteiger partial charge in [0.1, 0.15) is 5.82 Å². The standard InChI is InChI=1S/C31H27N3/c1-20-5-10-25(11-6-20)33-16-15-32-31(33)24-9-14-28(23(4)19-24)34-29-13-8-21(2)17-27(29)26-12-7-22(3)18-30(26)34/h5-19H,1-4H3. The van der Waals surface area contributed by atoms with Crippen molar-refractivity contribution >= 4 is 21.8 Å². The summed E-state index contributed by atoms with van der Waals surface area (Å²) in [5, 5.41) is 2.59. The van der Waals surface area contributed by atoms with Crippen LogP contribution in [0.15, 0.2) is 91.3 Å². The van der Waals surface area contributed by atoms with E-state index in [2.05, 4.69) is 116 Å². The molecule has 3 heteroatoms. The third-order valence-electron chi connectivity index (χ3n) is 6.73. The molecule has 34 heavy (non-hydrogen) atoms. The average molecular weight is 442 g/mol. The van der Waals surface area contributed by atoms with Crippen molar-refractivity contribution in [3.63, 3.8) is 0 Å². The van der Waals surface area contributed by atoms with Crippen LogP contribution in [0.1, 0.15) is 22.3 Å². The minimum Gasteiger partial charge on any atom is -0.309 e. The van der Waals surface area contributed by atoms with Crippen molar-refractivity contribution < 1.29 is 0 Å². The lowest BCUT2D eigenvalue weighted by molar-refractivity contribution is 1.06. The molecule has 0 aliphatic heterocycles. The molecule has 0 amide bonds. The van der Waals surface area contributed by atoms with Crippen molar-refractivity contribution in [2.75, 3.05) is 0 Å². The maximum Gasteiger partial charge on any atom is 0.144 e. The van der Waals surface area contributed by atoms with E-state index in [0.29, 0.717) is 0 Å². The fraction of sp³-hybridized carbons (Fsp3) is 0.129. The predicted molar refractivity (Wildman–Crippen MR) is 142 cm³/mol. The fourth-order valence-electron chi connectivity index (χ4n) is 4.98. The highest BCUT2D eigenvalue weighted by Gasteiger charge is 2.16. The van der Waals surface area contributed by atoms with Crippen LogP contribution < -0.4 is 0 Å². The van der Waals surface area contributed by atoms with E-state index < -0.39 is 0 Å². The van der Waals surface area contributed by atoms with Crippen molar-refractivity contribution in [3.05, 3.63) is 114 Å². The number of imidazole rings is 1. The first kappa shape index (κ1) is 20.5. The van der Waals surface area contributed by atoms with Gasteiger partial charge in [0.2, 0.25) is 0 Å². The van der Waals surface area contributed by atoms with E-state index >= 15 is 0 Å². The first-order valence-corrected chi connectivity index (χ1v) is 11.7. The summed E-state index contributed by atoms with van der Waals surface area (Å²) in [6, 6.07) is 28.7. The molecule has 166 valence electrons. The quantitative estimate of drug-likeness (QED) is 0.274. The molecule has 3 nitrogen and oxygen atoms in total. The smallest absolute Gasteiger partial charge is 0.144 e. The Morgan fingerprint density at radius 1 is 0.618 bits per heavy atom. The van der Waals surface area contributed by atoms with Crippen molar-refractivity contribution in [1.82, 2.24) is 14.1 Å². The van der Waals surface area contributed by atoms with Gasteiger partial charge >= 0.3 is 0 Å². The maximum atomic E-state index is 4.70. The average Bonchev–Trinajstić information content (AvgIpc) is 3.42. The van der Waals surface area contributed by atoms with Gasteiger partial charge in [0.15, 0.2) is 0 Å². The lowest BCUT2D eigenvalue weighted by Gasteiger charge is -2.14. The minimum atomic E-state index is 0.951. The number of hydrogen-bond donors (Lipinski definition) is 0. The summed E-state index contributed by atoms with van der Waals surface area (Å²) in [4.78, 5) is 4.70. The Hall–Kier alpha value is -4.11. The molecular formula is C31H27N3. The maximum absolute atomic E-state index is 4.70. The summed E-state index contributed by atoms with van der Waals surface area (Å²) in [5.74, 6) is 0.951. The SMILES string of the molecule is Cc1ccc(-n2ccnc2-c2ccc(-n3c4ccc(C)cc4c4ccc(C)cc43)c(C)c2)cc1. The summed E-state index contributed by atoms with van der Waals surface area (Å²) in [5.41, 5.74) is 10.9. The highest BCUT2D eigenvalue weighted by Crippen LogP contribution is 2.35. The fourth-order valence-corrected chi connectivity index (χ4v) is 4.98. The number of fused-ring (bicyclic) bond motifs is 3. The van der Waals surface area contributed by atoms with Crippen LogP contribution in [0.25, 0.3) is 44.6 Å². The molecule has 0 fully saturated rings. The second kappa shape index (κ2) is 7.74. The summed E-state index contributed by atoms with van der Waals surface area (Å²) in [7, 11) is 0. The van der Waals surface area contributed by atoms with Crippen molar-refractivity contribution in [3.8, 4) is 22.8 Å². The zero-order chi connectivity index (χ0) is 23.4. The lowest BCUT2D eigenvalue weighted by Crippen LogP contribution is -2.00. The van der Waals surface area contributed by atoms with Gasteiger partial charge in [0.25, 0.3) is 0 Å². The van der Waals surface area contributed by atoms with Gasteiger partial charge in [-0.05, 0) is 87.4 Å². The molecular weight excluding hydrogens is 414 g/mol. The number of benzene rings is 4. The van der Waals surface area contributed by atoms with Crippen molar-refractivity contribution in [2.45, 2.75) is 27.7 Å². The van der Waals surface area contributed by atoms with E-state index in [-0.39, 0.29) is 0 Å². The molecule has 0 radical (unpaired) electrons. The van der Waals surface area contributed by atoms with Gasteiger partial charge in [0, 0.05) is 40.1 Å². The van der Waals surface area contributed by atoms with Gasteiger partial charge in [-0.2, -0.15) is 0 Å². The van der Waals surface area contributed by atoms with Crippen LogP contribution in [0, 0.1) is 27.7 Å². The summed E-state index contributed by atoms with van der Waals surface area (Å²) >= 11 is 0. The molecule has 0 saturated carbocycles. The van der Waals surface area contributed by atoms with Gasteiger partial charge in [-0.1, -0.05) is 41.5 Å². The van der Waals surface area contributed by atoms with Gasteiger partial charge in [-0.15, -0.1) is 0 Å². The second-order valence-electron chi connectivity index (χ2n) is 9.33. The van der Waals surface area contributed by atoms with Gasteiger partial charge in [-0.3, -0.25) is 4.57 Å². The summed E-state index contributed by atoms with van der Waals surface area (Å²) in [6.45, 7) is 8.62. The third kappa shape index (κ3) is 3.24. The monoisotopic (exact) mass is 441 g/mol. The highest BCUT2D eigenvalue weighted by atomic mass is 15.1. The number of aromatic nitrogens is 3. The van der Waals surface area contributed by atoms with E-state index in [1.807, 2.05) is 12.4 Å². The number of nitrogens with zero attached hydrogens (tertiary/aromatic N) is 3. The number of aryl methyl sites for hydroxylation is 4. The van der Waals surface area contributed by atoms with Crippen molar-refractivity contribution in [1.29, 1.82) is 0 Å². The molecule has 0 aliphatic carbocycles. The van der Waals surface area contributed by atoms with Crippen LogP contribution in [0.5, 0.6) is 0 Å². The van der Waals surface area contributed by atoms with Crippen LogP contribution in [-0.4, -0.2) is 14.1 Å².